The molecule has 5 nitrogen and oxygen atoms in total. The summed E-state index contributed by atoms with van der Waals surface area (Å²) in [7, 11) is 0. The largest absolute Gasteiger partial charge is 0.341 e. The summed E-state index contributed by atoms with van der Waals surface area (Å²) in [5.41, 5.74) is 5.90. The molecule has 2 atom stereocenters. The highest BCUT2D eigenvalue weighted by atomic mass is 35.5. The van der Waals surface area contributed by atoms with Crippen molar-refractivity contribution in [3.05, 3.63) is 35.6 Å². The smallest absolute Gasteiger partial charge is 0.256 e. The van der Waals surface area contributed by atoms with Gasteiger partial charge in [0.1, 0.15) is 5.82 Å². The van der Waals surface area contributed by atoms with Crippen LogP contribution in [0.15, 0.2) is 24.3 Å². The fourth-order valence-electron chi connectivity index (χ4n) is 4.02. The Labute approximate surface area is 160 Å². The first-order chi connectivity index (χ1) is 12.1. The van der Waals surface area contributed by atoms with E-state index in [0.29, 0.717) is 39.1 Å². The molecule has 0 unspecified atom stereocenters. The lowest BCUT2D eigenvalue weighted by Crippen LogP contribution is -2.41. The van der Waals surface area contributed by atoms with Gasteiger partial charge in [0.25, 0.3) is 5.91 Å². The summed E-state index contributed by atoms with van der Waals surface area (Å²) < 4.78 is 13.9. The summed E-state index contributed by atoms with van der Waals surface area (Å²) in [6.45, 7) is 2.70. The van der Waals surface area contributed by atoms with Crippen LogP contribution in [0.25, 0.3) is 0 Å². The van der Waals surface area contributed by atoms with Crippen molar-refractivity contribution in [1.29, 1.82) is 0 Å². The van der Waals surface area contributed by atoms with Crippen LogP contribution < -0.4 is 5.73 Å². The normalized spacial score (nSPS) is 23.3. The van der Waals surface area contributed by atoms with E-state index in [1.165, 1.54) is 12.1 Å². The average Bonchev–Trinajstić information content (AvgIpc) is 2.97. The lowest BCUT2D eigenvalue weighted by molar-refractivity contribution is -0.136. The van der Waals surface area contributed by atoms with Crippen LogP contribution in [0.5, 0.6) is 0 Å². The molecule has 1 aromatic rings. The number of halogens is 2. The number of nitrogens with zero attached hydrogens (tertiary/aromatic N) is 2. The second-order valence-electron chi connectivity index (χ2n) is 6.98. The van der Waals surface area contributed by atoms with Crippen LogP contribution in [0.3, 0.4) is 0 Å². The second-order valence-corrected chi connectivity index (χ2v) is 6.98. The molecule has 26 heavy (non-hydrogen) atoms. The molecule has 1 aliphatic heterocycles. The number of carbonyl (C=O) groups excluding carboxylic acids is 2. The number of amides is 2. The highest BCUT2D eigenvalue weighted by Crippen LogP contribution is 2.32. The zero-order valence-electron chi connectivity index (χ0n) is 14.9. The van der Waals surface area contributed by atoms with Gasteiger partial charge in [0, 0.05) is 32.1 Å². The van der Waals surface area contributed by atoms with E-state index >= 15 is 0 Å². The third kappa shape index (κ3) is 4.35. The van der Waals surface area contributed by atoms with Crippen molar-refractivity contribution in [1.82, 2.24) is 9.80 Å². The number of rotatable bonds is 3. The van der Waals surface area contributed by atoms with Crippen molar-refractivity contribution in [2.45, 2.75) is 25.7 Å². The topological polar surface area (TPSA) is 66.6 Å². The quantitative estimate of drug-likeness (QED) is 0.870. The number of hydrogen-bond donors (Lipinski definition) is 1. The predicted octanol–water partition coefficient (Wildman–Crippen LogP) is 2.30. The first-order valence-corrected chi connectivity index (χ1v) is 9.14. The molecule has 3 rings (SSSR count). The number of benzene rings is 1. The Bertz CT molecular complexity index is 643. The van der Waals surface area contributed by atoms with E-state index in [1.807, 2.05) is 4.90 Å². The minimum Gasteiger partial charge on any atom is -0.341 e. The van der Waals surface area contributed by atoms with Gasteiger partial charge in [0.2, 0.25) is 5.91 Å². The zero-order valence-corrected chi connectivity index (χ0v) is 15.7. The molecule has 0 spiro atoms. The lowest BCUT2D eigenvalue weighted by atomic mass is 9.94. The Morgan fingerprint density at radius 2 is 1.73 bits per heavy atom. The Kier molecular flexibility index (Phi) is 7.41. The molecule has 1 aromatic carbocycles. The summed E-state index contributed by atoms with van der Waals surface area (Å²) in [6, 6.07) is 6.05. The van der Waals surface area contributed by atoms with Crippen LogP contribution >= 0.6 is 12.4 Å². The highest BCUT2D eigenvalue weighted by Gasteiger charge is 2.35. The average molecular weight is 384 g/mol. The molecule has 1 saturated carbocycles. The van der Waals surface area contributed by atoms with Crippen LogP contribution in [0.4, 0.5) is 4.39 Å². The molecular weight excluding hydrogens is 357 g/mol. The third-order valence-corrected chi connectivity index (χ3v) is 5.48. The first kappa shape index (κ1) is 20.6. The maximum atomic E-state index is 13.9. The van der Waals surface area contributed by atoms with E-state index < -0.39 is 5.82 Å². The van der Waals surface area contributed by atoms with Crippen LogP contribution in [0.1, 0.15) is 36.0 Å². The Morgan fingerprint density at radius 3 is 2.46 bits per heavy atom. The van der Waals surface area contributed by atoms with E-state index in [0.717, 1.165) is 19.3 Å². The fourth-order valence-corrected chi connectivity index (χ4v) is 4.02. The van der Waals surface area contributed by atoms with Crippen LogP contribution in [-0.4, -0.2) is 54.3 Å². The van der Waals surface area contributed by atoms with Crippen molar-refractivity contribution in [3.63, 3.8) is 0 Å². The van der Waals surface area contributed by atoms with Crippen LogP contribution in [0, 0.1) is 17.7 Å². The van der Waals surface area contributed by atoms with Gasteiger partial charge < -0.3 is 15.5 Å². The van der Waals surface area contributed by atoms with Gasteiger partial charge in [-0.15, -0.1) is 12.4 Å². The summed E-state index contributed by atoms with van der Waals surface area (Å²) in [4.78, 5) is 28.9. The third-order valence-electron chi connectivity index (χ3n) is 5.48. The standard InChI is InChI=1S/C19H26FN3O2.ClH/c20-17-8-2-1-6-16(17)19(25)23-10-4-9-22(11-12-23)18(24)15-7-3-5-14(15)13-21;/h1-2,6,8,14-15H,3-5,7,9-13,21H2;1H/t14-,15-;/m1./s1. The monoisotopic (exact) mass is 383 g/mol. The number of hydrogen-bond acceptors (Lipinski definition) is 3. The van der Waals surface area contributed by atoms with Gasteiger partial charge in [-0.2, -0.15) is 0 Å². The van der Waals surface area contributed by atoms with E-state index in [-0.39, 0.29) is 41.6 Å². The predicted molar refractivity (Wildman–Crippen MR) is 101 cm³/mol. The number of carbonyl (C=O) groups is 2. The fraction of sp³-hybridized carbons (Fsp3) is 0.579. The van der Waals surface area contributed by atoms with Crippen molar-refractivity contribution in [2.75, 3.05) is 32.7 Å². The molecule has 7 heteroatoms. The maximum absolute atomic E-state index is 13.9. The van der Waals surface area contributed by atoms with E-state index in [1.54, 1.807) is 17.0 Å². The molecule has 1 heterocycles. The van der Waals surface area contributed by atoms with Gasteiger partial charge in [0.15, 0.2) is 0 Å². The summed E-state index contributed by atoms with van der Waals surface area (Å²) >= 11 is 0. The minimum absolute atomic E-state index is 0. The van der Waals surface area contributed by atoms with Gasteiger partial charge in [-0.3, -0.25) is 9.59 Å². The molecule has 2 fully saturated rings. The second kappa shape index (κ2) is 9.33. The van der Waals surface area contributed by atoms with Crippen molar-refractivity contribution < 1.29 is 14.0 Å². The highest BCUT2D eigenvalue weighted by molar-refractivity contribution is 5.94. The molecule has 2 N–H and O–H groups in total. The van der Waals surface area contributed by atoms with Crippen LogP contribution in [-0.2, 0) is 4.79 Å². The summed E-state index contributed by atoms with van der Waals surface area (Å²) in [5.74, 6) is -0.312. The van der Waals surface area contributed by atoms with E-state index in [9.17, 15) is 14.0 Å². The van der Waals surface area contributed by atoms with Crippen molar-refractivity contribution in [2.24, 2.45) is 17.6 Å². The molecular formula is C19H27ClFN3O2. The van der Waals surface area contributed by atoms with Gasteiger partial charge in [-0.05, 0) is 43.9 Å². The molecule has 144 valence electrons. The molecule has 2 aliphatic rings. The summed E-state index contributed by atoms with van der Waals surface area (Å²) in [5, 5.41) is 0. The zero-order chi connectivity index (χ0) is 17.8. The van der Waals surface area contributed by atoms with Crippen molar-refractivity contribution in [3.8, 4) is 0 Å². The van der Waals surface area contributed by atoms with Gasteiger partial charge in [-0.1, -0.05) is 18.6 Å². The van der Waals surface area contributed by atoms with Crippen LogP contribution in [0.2, 0.25) is 0 Å². The molecule has 2 amide bonds. The van der Waals surface area contributed by atoms with Gasteiger partial charge in [0.05, 0.1) is 5.56 Å². The molecule has 1 aliphatic carbocycles. The molecule has 1 saturated heterocycles. The molecule has 0 radical (unpaired) electrons. The Hall–Kier alpha value is -1.66. The first-order valence-electron chi connectivity index (χ1n) is 9.14. The van der Waals surface area contributed by atoms with Crippen molar-refractivity contribution >= 4 is 24.2 Å². The molecule has 0 bridgehead atoms. The Morgan fingerprint density at radius 1 is 1.04 bits per heavy atom. The molecule has 0 aromatic heterocycles. The number of nitrogens with two attached hydrogens (primary N) is 1. The van der Waals surface area contributed by atoms with E-state index in [4.69, 9.17) is 5.73 Å². The summed E-state index contributed by atoms with van der Waals surface area (Å²) in [6.07, 6.45) is 3.71. The SMILES string of the molecule is Cl.NC[C@H]1CCC[C@H]1C(=O)N1CCCN(C(=O)c2ccccc2F)CC1. The van der Waals surface area contributed by atoms with E-state index in [2.05, 4.69) is 0 Å². The van der Waals surface area contributed by atoms with Gasteiger partial charge >= 0.3 is 0 Å². The minimum atomic E-state index is -0.499. The maximum Gasteiger partial charge on any atom is 0.256 e. The van der Waals surface area contributed by atoms with Gasteiger partial charge in [-0.25, -0.2) is 4.39 Å². The lowest BCUT2D eigenvalue weighted by Gasteiger charge is -2.27. The Balaban J connectivity index is 0.00000243.